The number of benzene rings is 1. The lowest BCUT2D eigenvalue weighted by molar-refractivity contribution is -0.383. The van der Waals surface area contributed by atoms with Crippen molar-refractivity contribution in [2.75, 3.05) is 30.8 Å². The number of nitrogen functional groups attached to an aromatic ring is 1. The third-order valence-electron chi connectivity index (χ3n) is 2.09. The van der Waals surface area contributed by atoms with Crippen molar-refractivity contribution in [3.05, 3.63) is 28.3 Å². The summed E-state index contributed by atoms with van der Waals surface area (Å²) in [6.45, 7) is 0.412. The zero-order valence-corrected chi connectivity index (χ0v) is 8.38. The number of anilines is 2. The first-order chi connectivity index (χ1) is 7.06. The van der Waals surface area contributed by atoms with Crippen LogP contribution in [0.2, 0.25) is 0 Å². The predicted molar refractivity (Wildman–Crippen MR) is 57.9 cm³/mol. The topological polar surface area (TPSA) is 92.6 Å². The van der Waals surface area contributed by atoms with Crippen LogP contribution in [0, 0.1) is 10.1 Å². The molecule has 1 rings (SSSR count). The highest BCUT2D eigenvalue weighted by Gasteiger charge is 2.13. The molecule has 1 aromatic rings. The molecule has 0 heterocycles. The molecule has 0 spiro atoms. The van der Waals surface area contributed by atoms with Gasteiger partial charge in [0.2, 0.25) is 0 Å². The van der Waals surface area contributed by atoms with E-state index < -0.39 is 4.92 Å². The van der Waals surface area contributed by atoms with Crippen LogP contribution in [-0.4, -0.2) is 30.2 Å². The highest BCUT2D eigenvalue weighted by atomic mass is 16.6. The Morgan fingerprint density at radius 2 is 2.27 bits per heavy atom. The number of aliphatic hydroxyl groups excluding tert-OH is 1. The lowest BCUT2D eigenvalue weighted by atomic mass is 10.2. The van der Waals surface area contributed by atoms with Gasteiger partial charge in [-0.2, -0.15) is 0 Å². The molecule has 0 saturated heterocycles. The van der Waals surface area contributed by atoms with Gasteiger partial charge in [0.05, 0.1) is 11.5 Å². The SMILES string of the molecule is CN(CCO)c1ccc(N)c([N+](=O)[O-])c1. The Hall–Kier alpha value is -1.82. The van der Waals surface area contributed by atoms with Gasteiger partial charge in [0, 0.05) is 25.3 Å². The maximum Gasteiger partial charge on any atom is 0.294 e. The quantitative estimate of drug-likeness (QED) is 0.432. The van der Waals surface area contributed by atoms with E-state index in [1.165, 1.54) is 12.1 Å². The number of nitro groups is 1. The summed E-state index contributed by atoms with van der Waals surface area (Å²) < 4.78 is 0. The van der Waals surface area contributed by atoms with E-state index in [1.807, 2.05) is 0 Å². The van der Waals surface area contributed by atoms with Gasteiger partial charge < -0.3 is 15.7 Å². The number of nitrogens with zero attached hydrogens (tertiary/aromatic N) is 2. The average Bonchev–Trinajstić information content (AvgIpc) is 2.18. The van der Waals surface area contributed by atoms with E-state index in [9.17, 15) is 10.1 Å². The van der Waals surface area contributed by atoms with Crippen LogP contribution >= 0.6 is 0 Å². The minimum absolute atomic E-state index is 0.00528. The molecule has 0 atom stereocenters. The van der Waals surface area contributed by atoms with Gasteiger partial charge in [-0.15, -0.1) is 0 Å². The first kappa shape index (κ1) is 11.3. The average molecular weight is 211 g/mol. The van der Waals surface area contributed by atoms with Crippen LogP contribution < -0.4 is 10.6 Å². The predicted octanol–water partition coefficient (Wildman–Crippen LogP) is 0.605. The van der Waals surface area contributed by atoms with E-state index in [-0.39, 0.29) is 18.0 Å². The molecule has 0 aliphatic carbocycles. The van der Waals surface area contributed by atoms with E-state index >= 15 is 0 Å². The Bertz CT molecular complexity index is 368. The van der Waals surface area contributed by atoms with Crippen LogP contribution in [0.1, 0.15) is 0 Å². The molecule has 6 nitrogen and oxygen atoms in total. The van der Waals surface area contributed by atoms with Gasteiger partial charge >= 0.3 is 0 Å². The summed E-state index contributed by atoms with van der Waals surface area (Å²) in [7, 11) is 1.74. The van der Waals surface area contributed by atoms with Gasteiger partial charge in [0.25, 0.3) is 5.69 Å². The summed E-state index contributed by atoms with van der Waals surface area (Å²) in [6, 6.07) is 4.56. The summed E-state index contributed by atoms with van der Waals surface area (Å²) in [6.07, 6.45) is 0. The second-order valence-electron chi connectivity index (χ2n) is 3.15. The fourth-order valence-corrected chi connectivity index (χ4v) is 1.21. The van der Waals surface area contributed by atoms with Crippen molar-refractivity contribution in [1.82, 2.24) is 0 Å². The molecule has 15 heavy (non-hydrogen) atoms. The largest absolute Gasteiger partial charge is 0.395 e. The number of nitrogens with two attached hydrogens (primary N) is 1. The molecule has 0 unspecified atom stereocenters. The van der Waals surface area contributed by atoms with Crippen LogP contribution in [0.5, 0.6) is 0 Å². The van der Waals surface area contributed by atoms with Gasteiger partial charge in [-0.05, 0) is 12.1 Å². The first-order valence-electron chi connectivity index (χ1n) is 4.42. The Morgan fingerprint density at radius 1 is 1.60 bits per heavy atom. The van der Waals surface area contributed by atoms with Gasteiger partial charge in [0.1, 0.15) is 5.69 Å². The summed E-state index contributed by atoms with van der Waals surface area (Å²) in [5.74, 6) is 0. The van der Waals surface area contributed by atoms with Crippen molar-refractivity contribution in [3.63, 3.8) is 0 Å². The minimum Gasteiger partial charge on any atom is -0.395 e. The van der Waals surface area contributed by atoms with Crippen LogP contribution in [0.25, 0.3) is 0 Å². The number of rotatable bonds is 4. The zero-order chi connectivity index (χ0) is 11.4. The number of hydrogen-bond acceptors (Lipinski definition) is 5. The second kappa shape index (κ2) is 4.61. The van der Waals surface area contributed by atoms with Crippen LogP contribution in [-0.2, 0) is 0 Å². The fraction of sp³-hybridized carbons (Fsp3) is 0.333. The summed E-state index contributed by atoms with van der Waals surface area (Å²) in [5, 5.41) is 19.3. The maximum atomic E-state index is 10.6. The van der Waals surface area contributed by atoms with Crippen molar-refractivity contribution in [1.29, 1.82) is 0 Å². The molecule has 0 amide bonds. The van der Waals surface area contributed by atoms with Crippen molar-refractivity contribution >= 4 is 17.1 Å². The second-order valence-corrected chi connectivity index (χ2v) is 3.15. The van der Waals surface area contributed by atoms with E-state index in [2.05, 4.69) is 0 Å². The molecule has 0 radical (unpaired) electrons. The Balaban J connectivity index is 3.02. The summed E-state index contributed by atoms with van der Waals surface area (Å²) in [4.78, 5) is 11.8. The monoisotopic (exact) mass is 211 g/mol. The summed E-state index contributed by atoms with van der Waals surface area (Å²) in [5.41, 5.74) is 6.14. The maximum absolute atomic E-state index is 10.6. The van der Waals surface area contributed by atoms with Crippen molar-refractivity contribution in [2.24, 2.45) is 0 Å². The molecule has 0 aliphatic rings. The van der Waals surface area contributed by atoms with Gasteiger partial charge in [0.15, 0.2) is 0 Å². The number of likely N-dealkylation sites (N-methyl/N-ethyl adjacent to an activating group) is 1. The van der Waals surface area contributed by atoms with Gasteiger partial charge in [-0.25, -0.2) is 0 Å². The lowest BCUT2D eigenvalue weighted by Crippen LogP contribution is -2.21. The normalized spacial score (nSPS) is 10.0. The van der Waals surface area contributed by atoms with Crippen LogP contribution in [0.3, 0.4) is 0 Å². The molecule has 0 fully saturated rings. The minimum atomic E-state index is -0.522. The Morgan fingerprint density at radius 3 is 2.80 bits per heavy atom. The molecule has 3 N–H and O–H groups in total. The number of nitro benzene ring substituents is 1. The van der Waals surface area contributed by atoms with Crippen LogP contribution in [0.15, 0.2) is 18.2 Å². The van der Waals surface area contributed by atoms with Gasteiger partial charge in [-0.3, -0.25) is 10.1 Å². The number of hydrogen-bond donors (Lipinski definition) is 2. The third kappa shape index (κ3) is 2.57. The van der Waals surface area contributed by atoms with Crippen molar-refractivity contribution in [3.8, 4) is 0 Å². The van der Waals surface area contributed by atoms with E-state index in [4.69, 9.17) is 10.8 Å². The molecule has 82 valence electrons. The molecule has 1 aromatic carbocycles. The van der Waals surface area contributed by atoms with E-state index in [0.717, 1.165) is 0 Å². The molecular weight excluding hydrogens is 198 g/mol. The molecule has 6 heteroatoms. The highest BCUT2D eigenvalue weighted by molar-refractivity contribution is 5.66. The van der Waals surface area contributed by atoms with Gasteiger partial charge in [-0.1, -0.05) is 0 Å². The van der Waals surface area contributed by atoms with E-state index in [1.54, 1.807) is 18.0 Å². The smallest absolute Gasteiger partial charge is 0.294 e. The Kier molecular flexibility index (Phi) is 3.46. The fourth-order valence-electron chi connectivity index (χ4n) is 1.21. The molecule has 0 saturated carbocycles. The molecular formula is C9H13N3O3. The number of aliphatic hydroxyl groups is 1. The standard InChI is InChI=1S/C9H13N3O3/c1-11(4-5-13)7-2-3-8(10)9(6-7)12(14)15/h2-3,6,13H,4-5,10H2,1H3. The Labute approximate surface area is 87.1 Å². The first-order valence-corrected chi connectivity index (χ1v) is 4.42. The summed E-state index contributed by atoms with van der Waals surface area (Å²) >= 11 is 0. The molecule has 0 aromatic heterocycles. The molecule has 0 bridgehead atoms. The van der Waals surface area contributed by atoms with Crippen molar-refractivity contribution < 1.29 is 10.0 Å². The molecule has 0 aliphatic heterocycles. The van der Waals surface area contributed by atoms with Crippen LogP contribution in [0.4, 0.5) is 17.1 Å². The van der Waals surface area contributed by atoms with Crippen molar-refractivity contribution in [2.45, 2.75) is 0 Å². The zero-order valence-electron chi connectivity index (χ0n) is 8.38. The third-order valence-corrected chi connectivity index (χ3v) is 2.09. The lowest BCUT2D eigenvalue weighted by Gasteiger charge is -2.17. The van der Waals surface area contributed by atoms with E-state index in [0.29, 0.717) is 12.2 Å². The highest BCUT2D eigenvalue weighted by Crippen LogP contribution is 2.26.